The number of ether oxygens (including phenoxy) is 1. The van der Waals surface area contributed by atoms with Crippen LogP contribution in [0.4, 0.5) is 5.69 Å². The van der Waals surface area contributed by atoms with Gasteiger partial charge in [-0.2, -0.15) is 0 Å². The second-order valence-electron chi connectivity index (χ2n) is 7.34. The Morgan fingerprint density at radius 3 is 2.68 bits per heavy atom. The number of benzene rings is 3. The molecule has 0 saturated carbocycles. The number of oxazole rings is 1. The number of nitrogens with one attached hydrogen (secondary N) is 1. The first-order chi connectivity index (χ1) is 14.8. The smallest absolute Gasteiger partial charge is 0.262 e. The van der Waals surface area contributed by atoms with Gasteiger partial charge in [0.15, 0.2) is 12.2 Å². The third-order valence-electron chi connectivity index (χ3n) is 4.91. The largest absolute Gasteiger partial charge is 0.482 e. The molecule has 0 aliphatic carbocycles. The van der Waals surface area contributed by atoms with Crippen molar-refractivity contribution in [2.24, 2.45) is 0 Å². The number of hydrogen-bond acceptors (Lipinski definition) is 4. The van der Waals surface area contributed by atoms with Crippen LogP contribution in [0.25, 0.3) is 22.6 Å². The van der Waals surface area contributed by atoms with Crippen LogP contribution in [0.2, 0.25) is 10.0 Å². The summed E-state index contributed by atoms with van der Waals surface area (Å²) in [5, 5.41) is 3.72. The first-order valence-corrected chi connectivity index (χ1v) is 10.4. The van der Waals surface area contributed by atoms with Gasteiger partial charge in [0, 0.05) is 16.3 Å². The first-order valence-electron chi connectivity index (χ1n) is 9.67. The topological polar surface area (TPSA) is 64.4 Å². The van der Waals surface area contributed by atoms with Crippen molar-refractivity contribution in [3.05, 3.63) is 75.3 Å². The van der Waals surface area contributed by atoms with Gasteiger partial charge in [-0.15, -0.1) is 0 Å². The minimum atomic E-state index is -0.310. The number of fused-ring (bicyclic) bond motifs is 1. The van der Waals surface area contributed by atoms with Crippen LogP contribution in [0, 0.1) is 20.8 Å². The monoisotopic (exact) mass is 454 g/mol. The van der Waals surface area contributed by atoms with Crippen LogP contribution in [0.5, 0.6) is 5.75 Å². The fourth-order valence-electron chi connectivity index (χ4n) is 3.42. The first kappa shape index (κ1) is 21.2. The van der Waals surface area contributed by atoms with E-state index in [0.29, 0.717) is 27.4 Å². The molecule has 158 valence electrons. The van der Waals surface area contributed by atoms with Crippen molar-refractivity contribution in [2.45, 2.75) is 20.8 Å². The number of halogens is 2. The van der Waals surface area contributed by atoms with Gasteiger partial charge in [-0.05, 0) is 73.9 Å². The lowest BCUT2D eigenvalue weighted by atomic mass is 10.1. The second kappa shape index (κ2) is 8.61. The van der Waals surface area contributed by atoms with E-state index in [1.807, 2.05) is 45.0 Å². The Labute approximate surface area is 189 Å². The van der Waals surface area contributed by atoms with Gasteiger partial charge < -0.3 is 14.5 Å². The lowest BCUT2D eigenvalue weighted by Gasteiger charge is -2.12. The summed E-state index contributed by atoms with van der Waals surface area (Å²) in [4.78, 5) is 17.1. The number of carbonyl (C=O) groups is 1. The molecule has 5 nitrogen and oxygen atoms in total. The van der Waals surface area contributed by atoms with E-state index in [1.54, 1.807) is 18.2 Å². The van der Waals surface area contributed by atoms with Crippen molar-refractivity contribution in [3.63, 3.8) is 0 Å². The van der Waals surface area contributed by atoms with E-state index in [0.717, 1.165) is 33.4 Å². The Bertz CT molecular complexity index is 1300. The Hall–Kier alpha value is -3.02. The molecule has 0 aliphatic heterocycles. The molecule has 0 unspecified atom stereocenters. The zero-order chi connectivity index (χ0) is 22.1. The molecule has 7 heteroatoms. The highest BCUT2D eigenvalue weighted by Crippen LogP contribution is 2.32. The highest BCUT2D eigenvalue weighted by atomic mass is 35.5. The fraction of sp³-hybridized carbons (Fsp3) is 0.167. The van der Waals surface area contributed by atoms with Gasteiger partial charge in [-0.1, -0.05) is 35.3 Å². The fourth-order valence-corrected chi connectivity index (χ4v) is 3.88. The molecule has 1 N–H and O–H groups in total. The third-order valence-corrected chi connectivity index (χ3v) is 5.44. The normalized spacial score (nSPS) is 11.0. The molecule has 3 aromatic carbocycles. The summed E-state index contributed by atoms with van der Waals surface area (Å²) in [7, 11) is 0. The molecule has 4 aromatic rings. The summed E-state index contributed by atoms with van der Waals surface area (Å²) in [5.41, 5.74) is 6.06. The average molecular weight is 455 g/mol. The molecule has 1 heterocycles. The van der Waals surface area contributed by atoms with Crippen molar-refractivity contribution >= 4 is 45.9 Å². The van der Waals surface area contributed by atoms with Crippen molar-refractivity contribution in [1.29, 1.82) is 0 Å². The molecule has 0 aliphatic rings. The zero-order valence-corrected chi connectivity index (χ0v) is 18.8. The lowest BCUT2D eigenvalue weighted by molar-refractivity contribution is -0.118. The number of aromatic nitrogens is 1. The quantitative estimate of drug-likeness (QED) is 0.362. The second-order valence-corrected chi connectivity index (χ2v) is 8.18. The Morgan fingerprint density at radius 2 is 1.90 bits per heavy atom. The predicted octanol–water partition coefficient (Wildman–Crippen LogP) is 6.74. The van der Waals surface area contributed by atoms with Gasteiger partial charge in [0.2, 0.25) is 5.89 Å². The number of anilines is 1. The van der Waals surface area contributed by atoms with E-state index in [9.17, 15) is 4.79 Å². The summed E-state index contributed by atoms with van der Waals surface area (Å²) in [5.74, 6) is 0.598. The van der Waals surface area contributed by atoms with Gasteiger partial charge in [-0.3, -0.25) is 4.79 Å². The van der Waals surface area contributed by atoms with Crippen molar-refractivity contribution in [3.8, 4) is 17.2 Å². The number of hydrogen-bond donors (Lipinski definition) is 1. The van der Waals surface area contributed by atoms with E-state index in [4.69, 9.17) is 32.4 Å². The minimum absolute atomic E-state index is 0.188. The van der Waals surface area contributed by atoms with Crippen molar-refractivity contribution in [1.82, 2.24) is 4.98 Å². The van der Waals surface area contributed by atoms with Crippen molar-refractivity contribution < 1.29 is 13.9 Å². The maximum absolute atomic E-state index is 12.4. The summed E-state index contributed by atoms with van der Waals surface area (Å²) < 4.78 is 11.5. The van der Waals surface area contributed by atoms with Crippen LogP contribution in [-0.2, 0) is 4.79 Å². The van der Waals surface area contributed by atoms with E-state index < -0.39 is 0 Å². The Kier molecular flexibility index (Phi) is 5.90. The number of carbonyl (C=O) groups excluding carboxylic acids is 1. The number of amides is 1. The maximum atomic E-state index is 12.4. The Morgan fingerprint density at radius 1 is 1.10 bits per heavy atom. The molecule has 0 bridgehead atoms. The highest BCUT2D eigenvalue weighted by molar-refractivity contribution is 6.35. The maximum Gasteiger partial charge on any atom is 0.262 e. The molecule has 0 saturated heterocycles. The molecular weight excluding hydrogens is 435 g/mol. The minimum Gasteiger partial charge on any atom is -0.482 e. The predicted molar refractivity (Wildman–Crippen MR) is 124 cm³/mol. The molecular formula is C24H20Cl2N2O3. The molecule has 0 atom stereocenters. The molecule has 0 fully saturated rings. The summed E-state index contributed by atoms with van der Waals surface area (Å²) in [6, 6.07) is 14.5. The molecule has 31 heavy (non-hydrogen) atoms. The van der Waals surface area contributed by atoms with Crippen LogP contribution in [0.15, 0.2) is 52.9 Å². The van der Waals surface area contributed by atoms with Gasteiger partial charge in [0.1, 0.15) is 11.3 Å². The zero-order valence-electron chi connectivity index (χ0n) is 17.3. The van der Waals surface area contributed by atoms with Crippen LogP contribution < -0.4 is 10.1 Å². The van der Waals surface area contributed by atoms with E-state index in [2.05, 4.69) is 16.4 Å². The van der Waals surface area contributed by atoms with Gasteiger partial charge in [0.05, 0.1) is 5.02 Å². The van der Waals surface area contributed by atoms with Crippen LogP contribution in [0.1, 0.15) is 16.7 Å². The van der Waals surface area contributed by atoms with Gasteiger partial charge in [0.25, 0.3) is 5.91 Å². The highest BCUT2D eigenvalue weighted by Gasteiger charge is 2.16. The standard InChI is InChI=1S/C24H20Cl2N2O3/c1-13-9-14(2)23-20(10-13)28-24(31-23)17-5-4-6-19(15(17)3)27-22(29)12-30-21-8-7-16(25)11-18(21)26/h4-11H,12H2,1-3H3,(H,27,29). The molecule has 1 amide bonds. The third kappa shape index (κ3) is 4.53. The summed E-state index contributed by atoms with van der Waals surface area (Å²) >= 11 is 12.0. The molecule has 0 spiro atoms. The number of nitrogens with zero attached hydrogens (tertiary/aromatic N) is 1. The van der Waals surface area contributed by atoms with E-state index >= 15 is 0 Å². The molecule has 0 radical (unpaired) electrons. The molecule has 1 aromatic heterocycles. The van der Waals surface area contributed by atoms with Gasteiger partial charge >= 0.3 is 0 Å². The van der Waals surface area contributed by atoms with E-state index in [-0.39, 0.29) is 12.5 Å². The van der Waals surface area contributed by atoms with Gasteiger partial charge in [-0.25, -0.2) is 4.98 Å². The van der Waals surface area contributed by atoms with Crippen LogP contribution in [0.3, 0.4) is 0 Å². The van der Waals surface area contributed by atoms with Crippen LogP contribution in [-0.4, -0.2) is 17.5 Å². The lowest BCUT2D eigenvalue weighted by Crippen LogP contribution is -2.20. The summed E-state index contributed by atoms with van der Waals surface area (Å²) in [6.45, 7) is 5.75. The average Bonchev–Trinajstić information content (AvgIpc) is 3.13. The Balaban J connectivity index is 1.53. The number of aryl methyl sites for hydroxylation is 2. The van der Waals surface area contributed by atoms with Crippen LogP contribution >= 0.6 is 23.2 Å². The summed E-state index contributed by atoms with van der Waals surface area (Å²) in [6.07, 6.45) is 0. The number of rotatable bonds is 5. The molecule has 4 rings (SSSR count). The van der Waals surface area contributed by atoms with Crippen molar-refractivity contribution in [2.75, 3.05) is 11.9 Å². The SMILES string of the molecule is Cc1cc(C)c2oc(-c3cccc(NC(=O)COc4ccc(Cl)cc4Cl)c3C)nc2c1. The van der Waals surface area contributed by atoms with E-state index in [1.165, 1.54) is 0 Å².